The quantitative estimate of drug-likeness (QED) is 0.664. The molecule has 0 aliphatic carbocycles. The highest BCUT2D eigenvalue weighted by Gasteiger charge is 2.19. The fraction of sp³-hybridized carbons (Fsp3) is 0.130. The van der Waals surface area contributed by atoms with Gasteiger partial charge in [-0.2, -0.15) is 0 Å². The van der Waals surface area contributed by atoms with Crippen molar-refractivity contribution in [1.82, 2.24) is 5.32 Å². The van der Waals surface area contributed by atoms with Crippen LogP contribution in [-0.4, -0.2) is 17.9 Å². The highest BCUT2D eigenvalue weighted by molar-refractivity contribution is 5.87. The Kier molecular flexibility index (Phi) is 6.17. The van der Waals surface area contributed by atoms with E-state index in [0.29, 0.717) is 12.0 Å². The van der Waals surface area contributed by atoms with E-state index < -0.39 is 11.9 Å². The van der Waals surface area contributed by atoms with Crippen LogP contribution in [0, 0.1) is 5.82 Å². The van der Waals surface area contributed by atoms with E-state index in [9.17, 15) is 14.0 Å². The highest BCUT2D eigenvalue weighted by Crippen LogP contribution is 2.19. The molecular formula is C23H21FN2O2. The molecule has 1 atom stereocenters. The molecule has 0 aromatic heterocycles. The van der Waals surface area contributed by atoms with Gasteiger partial charge in [0, 0.05) is 6.42 Å². The van der Waals surface area contributed by atoms with E-state index in [1.807, 2.05) is 54.6 Å². The molecule has 0 bridgehead atoms. The number of nitrogens with one attached hydrogen (secondary N) is 1. The molecule has 0 aliphatic heterocycles. The SMILES string of the molecule is NC(=O)[C@@H](Cc1ccc(-c2ccccc2)cc1)NC(=O)Cc1ccc(F)cc1. The van der Waals surface area contributed by atoms with Gasteiger partial charge in [0.05, 0.1) is 6.42 Å². The Morgan fingerprint density at radius 3 is 2.00 bits per heavy atom. The van der Waals surface area contributed by atoms with Gasteiger partial charge in [-0.15, -0.1) is 0 Å². The third kappa shape index (κ3) is 5.27. The Balaban J connectivity index is 1.63. The van der Waals surface area contributed by atoms with Crippen molar-refractivity contribution < 1.29 is 14.0 Å². The first-order valence-corrected chi connectivity index (χ1v) is 8.99. The lowest BCUT2D eigenvalue weighted by molar-refractivity contribution is -0.127. The summed E-state index contributed by atoms with van der Waals surface area (Å²) in [6.45, 7) is 0. The normalized spacial score (nSPS) is 11.6. The second kappa shape index (κ2) is 8.95. The summed E-state index contributed by atoms with van der Waals surface area (Å²) >= 11 is 0. The van der Waals surface area contributed by atoms with Crippen LogP contribution in [0.4, 0.5) is 4.39 Å². The topological polar surface area (TPSA) is 72.2 Å². The summed E-state index contributed by atoms with van der Waals surface area (Å²) in [5.41, 5.74) is 9.19. The number of amides is 2. The van der Waals surface area contributed by atoms with Crippen LogP contribution in [0.3, 0.4) is 0 Å². The van der Waals surface area contributed by atoms with Gasteiger partial charge < -0.3 is 11.1 Å². The van der Waals surface area contributed by atoms with Crippen LogP contribution in [0.2, 0.25) is 0 Å². The fourth-order valence-corrected chi connectivity index (χ4v) is 2.96. The Morgan fingerprint density at radius 2 is 1.39 bits per heavy atom. The molecule has 28 heavy (non-hydrogen) atoms. The third-order valence-corrected chi connectivity index (χ3v) is 4.46. The molecule has 3 aromatic carbocycles. The summed E-state index contributed by atoms with van der Waals surface area (Å²) < 4.78 is 13.0. The van der Waals surface area contributed by atoms with E-state index >= 15 is 0 Å². The first kappa shape index (κ1) is 19.3. The van der Waals surface area contributed by atoms with Gasteiger partial charge >= 0.3 is 0 Å². The molecule has 0 spiro atoms. The number of halogens is 1. The fourth-order valence-electron chi connectivity index (χ4n) is 2.96. The van der Waals surface area contributed by atoms with Crippen LogP contribution in [0.25, 0.3) is 11.1 Å². The molecule has 3 N–H and O–H groups in total. The molecule has 4 nitrogen and oxygen atoms in total. The lowest BCUT2D eigenvalue weighted by Crippen LogP contribution is -2.46. The van der Waals surface area contributed by atoms with Gasteiger partial charge in [0.1, 0.15) is 11.9 Å². The standard InChI is InChI=1S/C23H21FN2O2/c24-20-12-8-17(9-13-20)15-22(27)26-21(23(25)28)14-16-6-10-19(11-7-16)18-4-2-1-3-5-18/h1-13,21H,14-15H2,(H2,25,28)(H,26,27)/t21-/m1/s1. The number of carbonyl (C=O) groups excluding carboxylic acids is 2. The zero-order chi connectivity index (χ0) is 19.9. The van der Waals surface area contributed by atoms with Gasteiger partial charge in [-0.1, -0.05) is 66.7 Å². The first-order chi connectivity index (χ1) is 13.5. The molecule has 2 amide bonds. The largest absolute Gasteiger partial charge is 0.368 e. The Hall–Kier alpha value is -3.47. The van der Waals surface area contributed by atoms with Crippen LogP contribution in [0.1, 0.15) is 11.1 Å². The average molecular weight is 376 g/mol. The molecule has 5 heteroatoms. The summed E-state index contributed by atoms with van der Waals surface area (Å²) in [5, 5.41) is 2.67. The van der Waals surface area contributed by atoms with Crippen molar-refractivity contribution in [2.75, 3.05) is 0 Å². The number of carbonyl (C=O) groups is 2. The maximum Gasteiger partial charge on any atom is 0.240 e. The van der Waals surface area contributed by atoms with Crippen molar-refractivity contribution in [3.05, 3.63) is 95.8 Å². The molecule has 0 saturated heterocycles. The summed E-state index contributed by atoms with van der Waals surface area (Å²) in [6, 6.07) is 22.6. The van der Waals surface area contributed by atoms with Crippen molar-refractivity contribution in [2.24, 2.45) is 5.73 Å². The van der Waals surface area contributed by atoms with Crippen molar-refractivity contribution in [3.8, 4) is 11.1 Å². The minimum Gasteiger partial charge on any atom is -0.368 e. The van der Waals surface area contributed by atoms with Crippen molar-refractivity contribution in [3.63, 3.8) is 0 Å². The van der Waals surface area contributed by atoms with Gasteiger partial charge in [0.15, 0.2) is 0 Å². The summed E-state index contributed by atoms with van der Waals surface area (Å²) in [7, 11) is 0. The smallest absolute Gasteiger partial charge is 0.240 e. The number of hydrogen-bond acceptors (Lipinski definition) is 2. The van der Waals surface area contributed by atoms with E-state index in [1.165, 1.54) is 24.3 Å². The maximum absolute atomic E-state index is 13.0. The summed E-state index contributed by atoms with van der Waals surface area (Å²) in [6.07, 6.45) is 0.358. The number of benzene rings is 3. The first-order valence-electron chi connectivity index (χ1n) is 8.99. The molecule has 0 saturated carbocycles. The second-order valence-electron chi connectivity index (χ2n) is 6.59. The van der Waals surface area contributed by atoms with Crippen LogP contribution in [0.15, 0.2) is 78.9 Å². The Labute approximate surface area is 163 Å². The summed E-state index contributed by atoms with van der Waals surface area (Å²) in [5.74, 6) is -1.30. The Morgan fingerprint density at radius 1 is 0.821 bits per heavy atom. The van der Waals surface area contributed by atoms with Gasteiger partial charge in [-0.05, 0) is 34.4 Å². The van der Waals surface area contributed by atoms with Crippen molar-refractivity contribution in [1.29, 1.82) is 0 Å². The van der Waals surface area contributed by atoms with E-state index in [-0.39, 0.29) is 18.1 Å². The van der Waals surface area contributed by atoms with Gasteiger partial charge in [-0.3, -0.25) is 9.59 Å². The molecule has 0 unspecified atom stereocenters. The summed E-state index contributed by atoms with van der Waals surface area (Å²) in [4.78, 5) is 24.0. The minimum atomic E-state index is -0.810. The van der Waals surface area contributed by atoms with Crippen LogP contribution in [-0.2, 0) is 22.4 Å². The molecule has 0 radical (unpaired) electrons. The predicted octanol–water partition coefficient (Wildman–Crippen LogP) is 3.25. The molecule has 0 aliphatic rings. The van der Waals surface area contributed by atoms with Gasteiger partial charge in [-0.25, -0.2) is 4.39 Å². The number of hydrogen-bond donors (Lipinski definition) is 2. The van der Waals surface area contributed by atoms with Crippen LogP contribution in [0.5, 0.6) is 0 Å². The zero-order valence-electron chi connectivity index (χ0n) is 15.3. The molecule has 0 heterocycles. The Bertz CT molecular complexity index is 939. The monoisotopic (exact) mass is 376 g/mol. The zero-order valence-corrected chi connectivity index (χ0v) is 15.3. The molecule has 142 valence electrons. The van der Waals surface area contributed by atoms with E-state index in [4.69, 9.17) is 5.73 Å². The molecule has 3 rings (SSSR count). The lowest BCUT2D eigenvalue weighted by Gasteiger charge is -2.16. The second-order valence-corrected chi connectivity index (χ2v) is 6.59. The molecule has 3 aromatic rings. The third-order valence-electron chi connectivity index (χ3n) is 4.46. The maximum atomic E-state index is 13.0. The van der Waals surface area contributed by atoms with E-state index in [2.05, 4.69) is 5.32 Å². The van der Waals surface area contributed by atoms with E-state index in [1.54, 1.807) is 0 Å². The molecular weight excluding hydrogens is 355 g/mol. The van der Waals surface area contributed by atoms with Crippen molar-refractivity contribution in [2.45, 2.75) is 18.9 Å². The van der Waals surface area contributed by atoms with Gasteiger partial charge in [0.2, 0.25) is 11.8 Å². The molecule has 0 fully saturated rings. The highest BCUT2D eigenvalue weighted by atomic mass is 19.1. The van der Waals surface area contributed by atoms with E-state index in [0.717, 1.165) is 16.7 Å². The number of nitrogens with two attached hydrogens (primary N) is 1. The van der Waals surface area contributed by atoms with Crippen molar-refractivity contribution >= 4 is 11.8 Å². The predicted molar refractivity (Wildman–Crippen MR) is 107 cm³/mol. The van der Waals surface area contributed by atoms with Crippen LogP contribution < -0.4 is 11.1 Å². The minimum absolute atomic E-state index is 0.0526. The average Bonchev–Trinajstić information content (AvgIpc) is 2.70. The van der Waals surface area contributed by atoms with Gasteiger partial charge in [0.25, 0.3) is 0 Å². The number of primary amides is 1. The number of rotatable bonds is 7. The van der Waals surface area contributed by atoms with Crippen LogP contribution >= 0.6 is 0 Å². The lowest BCUT2D eigenvalue weighted by atomic mass is 10.00.